The number of carbonyl (C=O) groups is 2. The van der Waals surface area contributed by atoms with Gasteiger partial charge in [-0.25, -0.2) is 0 Å². The maximum absolute atomic E-state index is 11.2. The lowest BCUT2D eigenvalue weighted by Gasteiger charge is -2.05. The molecular weight excluding hydrogens is 204 g/mol. The number of ketones is 1. The van der Waals surface area contributed by atoms with Gasteiger partial charge in [-0.15, -0.1) is 0 Å². The number of allylic oxidation sites excluding steroid dienone is 1. The summed E-state index contributed by atoms with van der Waals surface area (Å²) >= 11 is 0. The van der Waals surface area contributed by atoms with Gasteiger partial charge in [-0.3, -0.25) is 9.59 Å². The van der Waals surface area contributed by atoms with Gasteiger partial charge >= 0.3 is 5.97 Å². The summed E-state index contributed by atoms with van der Waals surface area (Å²) in [5, 5.41) is 0. The third-order valence-corrected chi connectivity index (χ3v) is 1.95. The van der Waals surface area contributed by atoms with Crippen LogP contribution < -0.4 is 4.74 Å². The normalized spacial score (nSPS) is 9.62. The number of hydrogen-bond donors (Lipinski definition) is 0. The molecule has 0 fully saturated rings. The van der Waals surface area contributed by atoms with Crippen LogP contribution in [0.25, 0.3) is 5.57 Å². The lowest BCUT2D eigenvalue weighted by Crippen LogP contribution is -2.11. The van der Waals surface area contributed by atoms with Crippen molar-refractivity contribution >= 4 is 17.3 Å². The van der Waals surface area contributed by atoms with Gasteiger partial charge in [-0.05, 0) is 31.5 Å². The van der Waals surface area contributed by atoms with E-state index in [0.29, 0.717) is 5.75 Å². The third kappa shape index (κ3) is 3.69. The van der Waals surface area contributed by atoms with Crippen molar-refractivity contribution < 1.29 is 14.3 Å². The minimum absolute atomic E-state index is 0.197. The Kier molecular flexibility index (Phi) is 4.00. The first-order valence-electron chi connectivity index (χ1n) is 4.95. The van der Waals surface area contributed by atoms with Crippen molar-refractivity contribution in [2.75, 3.05) is 0 Å². The molecule has 0 saturated carbocycles. The van der Waals surface area contributed by atoms with Crippen molar-refractivity contribution in [1.29, 1.82) is 0 Å². The number of carbonyl (C=O) groups excluding carboxylic acids is 2. The Balaban J connectivity index is 2.74. The van der Waals surface area contributed by atoms with Gasteiger partial charge in [0.05, 0.1) is 0 Å². The van der Waals surface area contributed by atoms with E-state index in [9.17, 15) is 9.59 Å². The number of benzene rings is 1. The molecule has 84 valence electrons. The molecule has 1 aromatic carbocycles. The Hall–Kier alpha value is -1.90. The van der Waals surface area contributed by atoms with Crippen molar-refractivity contribution in [3.63, 3.8) is 0 Å². The van der Waals surface area contributed by atoms with E-state index in [0.717, 1.165) is 11.1 Å². The first-order chi connectivity index (χ1) is 7.49. The minimum Gasteiger partial charge on any atom is -0.426 e. The second-order valence-electron chi connectivity index (χ2n) is 3.66. The SMILES string of the molecule is C=C(C)c1cccc(OC(=O)CC(C)=O)c1. The monoisotopic (exact) mass is 218 g/mol. The fraction of sp³-hybridized carbons (Fsp3) is 0.231. The van der Waals surface area contributed by atoms with Crippen LogP contribution in [-0.2, 0) is 9.59 Å². The van der Waals surface area contributed by atoms with Crippen LogP contribution in [0.3, 0.4) is 0 Å². The van der Waals surface area contributed by atoms with Crippen molar-refractivity contribution in [2.24, 2.45) is 0 Å². The zero-order valence-corrected chi connectivity index (χ0v) is 9.45. The Morgan fingerprint density at radius 2 is 2.00 bits per heavy atom. The third-order valence-electron chi connectivity index (χ3n) is 1.95. The molecule has 0 aromatic heterocycles. The van der Waals surface area contributed by atoms with Gasteiger partial charge in [0.1, 0.15) is 18.0 Å². The van der Waals surface area contributed by atoms with Crippen LogP contribution >= 0.6 is 0 Å². The van der Waals surface area contributed by atoms with Gasteiger partial charge in [-0.2, -0.15) is 0 Å². The summed E-state index contributed by atoms with van der Waals surface area (Å²) in [5.74, 6) is -0.306. The van der Waals surface area contributed by atoms with Crippen molar-refractivity contribution in [2.45, 2.75) is 20.3 Å². The Labute approximate surface area is 94.7 Å². The molecule has 1 rings (SSSR count). The maximum atomic E-state index is 11.2. The zero-order valence-electron chi connectivity index (χ0n) is 9.45. The van der Waals surface area contributed by atoms with E-state index in [1.54, 1.807) is 18.2 Å². The largest absolute Gasteiger partial charge is 0.426 e. The molecule has 0 heterocycles. The maximum Gasteiger partial charge on any atom is 0.318 e. The number of ether oxygens (including phenoxy) is 1. The van der Waals surface area contributed by atoms with E-state index in [-0.39, 0.29) is 12.2 Å². The van der Waals surface area contributed by atoms with Crippen LogP contribution in [0.5, 0.6) is 5.75 Å². The molecule has 0 N–H and O–H groups in total. The first kappa shape index (κ1) is 12.2. The van der Waals surface area contributed by atoms with Gasteiger partial charge < -0.3 is 4.74 Å². The molecule has 3 nitrogen and oxygen atoms in total. The standard InChI is InChI=1S/C13H14O3/c1-9(2)11-5-4-6-12(8-11)16-13(15)7-10(3)14/h4-6,8H,1,7H2,2-3H3. The second-order valence-corrected chi connectivity index (χ2v) is 3.66. The molecule has 0 aliphatic heterocycles. The summed E-state index contributed by atoms with van der Waals surface area (Å²) in [6.45, 7) is 7.02. The highest BCUT2D eigenvalue weighted by atomic mass is 16.5. The quantitative estimate of drug-likeness (QED) is 0.443. The first-order valence-corrected chi connectivity index (χ1v) is 4.95. The highest BCUT2D eigenvalue weighted by molar-refractivity contribution is 5.94. The Bertz CT molecular complexity index is 433. The molecule has 0 saturated heterocycles. The molecule has 0 atom stereocenters. The summed E-state index contributed by atoms with van der Waals surface area (Å²) < 4.78 is 5.02. The number of esters is 1. The zero-order chi connectivity index (χ0) is 12.1. The highest BCUT2D eigenvalue weighted by Crippen LogP contribution is 2.18. The summed E-state index contributed by atoms with van der Waals surface area (Å²) in [6.07, 6.45) is -0.197. The molecule has 0 aliphatic rings. The number of Topliss-reactive ketones (excluding diaryl/α,β-unsaturated/α-hetero) is 1. The second kappa shape index (κ2) is 5.26. The topological polar surface area (TPSA) is 43.4 Å². The van der Waals surface area contributed by atoms with Gasteiger partial charge in [0.2, 0.25) is 0 Å². The van der Waals surface area contributed by atoms with Crippen LogP contribution in [0.4, 0.5) is 0 Å². The lowest BCUT2D eigenvalue weighted by molar-refractivity contribution is -0.137. The predicted molar refractivity (Wildman–Crippen MR) is 62.1 cm³/mol. The average Bonchev–Trinajstić information content (AvgIpc) is 2.16. The lowest BCUT2D eigenvalue weighted by atomic mass is 10.1. The summed E-state index contributed by atoms with van der Waals surface area (Å²) in [7, 11) is 0. The number of rotatable bonds is 4. The molecular formula is C13H14O3. The molecule has 0 unspecified atom stereocenters. The molecule has 0 spiro atoms. The van der Waals surface area contributed by atoms with Crippen LogP contribution in [-0.4, -0.2) is 11.8 Å². The molecule has 1 aromatic rings. The Morgan fingerprint density at radius 1 is 1.31 bits per heavy atom. The van der Waals surface area contributed by atoms with Crippen LogP contribution in [0.15, 0.2) is 30.8 Å². The van der Waals surface area contributed by atoms with E-state index in [1.165, 1.54) is 6.92 Å². The summed E-state index contributed by atoms with van der Waals surface area (Å²) in [6, 6.07) is 7.05. The van der Waals surface area contributed by atoms with Crippen LogP contribution in [0.2, 0.25) is 0 Å². The molecule has 0 radical (unpaired) electrons. The van der Waals surface area contributed by atoms with E-state index < -0.39 is 5.97 Å². The molecule has 0 bridgehead atoms. The van der Waals surface area contributed by atoms with Crippen molar-refractivity contribution in [3.05, 3.63) is 36.4 Å². The fourth-order valence-corrected chi connectivity index (χ4v) is 1.20. The molecule has 0 amide bonds. The smallest absolute Gasteiger partial charge is 0.318 e. The molecule has 16 heavy (non-hydrogen) atoms. The highest BCUT2D eigenvalue weighted by Gasteiger charge is 2.08. The minimum atomic E-state index is -0.536. The van der Waals surface area contributed by atoms with Crippen LogP contribution in [0.1, 0.15) is 25.8 Å². The Morgan fingerprint density at radius 3 is 2.56 bits per heavy atom. The molecule has 0 aliphatic carbocycles. The predicted octanol–water partition coefficient (Wildman–Crippen LogP) is 2.60. The van der Waals surface area contributed by atoms with E-state index >= 15 is 0 Å². The van der Waals surface area contributed by atoms with Crippen LogP contribution in [0, 0.1) is 0 Å². The molecule has 3 heteroatoms. The van der Waals surface area contributed by atoms with Crippen molar-refractivity contribution in [1.82, 2.24) is 0 Å². The van der Waals surface area contributed by atoms with E-state index in [1.807, 2.05) is 13.0 Å². The van der Waals surface area contributed by atoms with Crippen molar-refractivity contribution in [3.8, 4) is 5.75 Å². The fourth-order valence-electron chi connectivity index (χ4n) is 1.20. The number of hydrogen-bond acceptors (Lipinski definition) is 3. The summed E-state index contributed by atoms with van der Waals surface area (Å²) in [5.41, 5.74) is 1.80. The van der Waals surface area contributed by atoms with Gasteiger partial charge in [0.15, 0.2) is 0 Å². The van der Waals surface area contributed by atoms with Gasteiger partial charge in [0, 0.05) is 0 Å². The van der Waals surface area contributed by atoms with Gasteiger partial charge in [0.25, 0.3) is 0 Å². The average molecular weight is 218 g/mol. The summed E-state index contributed by atoms with van der Waals surface area (Å²) in [4.78, 5) is 21.9. The van der Waals surface area contributed by atoms with E-state index in [2.05, 4.69) is 6.58 Å². The van der Waals surface area contributed by atoms with Gasteiger partial charge in [-0.1, -0.05) is 24.3 Å². The van der Waals surface area contributed by atoms with E-state index in [4.69, 9.17) is 4.74 Å².